The van der Waals surface area contributed by atoms with Gasteiger partial charge >= 0.3 is 0 Å². The maximum absolute atomic E-state index is 13.7. The molecular formula is C15H13FN6. The van der Waals surface area contributed by atoms with Gasteiger partial charge in [-0.1, -0.05) is 18.2 Å². The van der Waals surface area contributed by atoms with E-state index in [-0.39, 0.29) is 17.2 Å². The molecule has 0 aliphatic heterocycles. The standard InChI is InChI=1S/C15H13FN6/c16-10-5-1-2-6-11(10)21-14-13(17)15(20-9-19-14)22-12-7-3-4-8-18-12/h1-9H,17H2,(H2,18,19,20,21,22). The first-order chi connectivity index (χ1) is 10.7. The molecule has 2 heterocycles. The third-order valence-corrected chi connectivity index (χ3v) is 2.92. The molecule has 22 heavy (non-hydrogen) atoms. The van der Waals surface area contributed by atoms with Gasteiger partial charge in [0.25, 0.3) is 0 Å². The van der Waals surface area contributed by atoms with Crippen molar-refractivity contribution in [3.8, 4) is 0 Å². The van der Waals surface area contributed by atoms with E-state index >= 15 is 0 Å². The van der Waals surface area contributed by atoms with Crippen molar-refractivity contribution in [1.82, 2.24) is 15.0 Å². The highest BCUT2D eigenvalue weighted by molar-refractivity contribution is 5.79. The van der Waals surface area contributed by atoms with E-state index in [0.717, 1.165) is 0 Å². The molecule has 4 N–H and O–H groups in total. The molecule has 6 nitrogen and oxygen atoms in total. The first kappa shape index (κ1) is 13.7. The molecule has 0 amide bonds. The fourth-order valence-electron chi connectivity index (χ4n) is 1.84. The number of pyridine rings is 1. The van der Waals surface area contributed by atoms with E-state index in [1.165, 1.54) is 12.4 Å². The molecule has 0 aliphatic rings. The number of hydrogen-bond acceptors (Lipinski definition) is 6. The predicted molar refractivity (Wildman–Crippen MR) is 83.6 cm³/mol. The Morgan fingerprint density at radius 2 is 1.59 bits per heavy atom. The van der Waals surface area contributed by atoms with Gasteiger partial charge in [0.05, 0.1) is 5.69 Å². The van der Waals surface area contributed by atoms with Gasteiger partial charge in [0.15, 0.2) is 11.6 Å². The smallest absolute Gasteiger partial charge is 0.160 e. The van der Waals surface area contributed by atoms with Gasteiger partial charge < -0.3 is 16.4 Å². The second kappa shape index (κ2) is 6.04. The highest BCUT2D eigenvalue weighted by Gasteiger charge is 2.10. The summed E-state index contributed by atoms with van der Waals surface area (Å²) in [6.07, 6.45) is 2.99. The zero-order valence-electron chi connectivity index (χ0n) is 11.5. The Bertz CT molecular complexity index is 778. The minimum absolute atomic E-state index is 0.274. The van der Waals surface area contributed by atoms with Gasteiger partial charge in [0.1, 0.15) is 23.6 Å². The van der Waals surface area contributed by atoms with Crippen molar-refractivity contribution in [2.75, 3.05) is 16.4 Å². The van der Waals surface area contributed by atoms with Gasteiger partial charge in [0, 0.05) is 6.20 Å². The number of aromatic nitrogens is 3. The Morgan fingerprint density at radius 3 is 2.32 bits per heavy atom. The quantitative estimate of drug-likeness (QED) is 0.685. The van der Waals surface area contributed by atoms with E-state index in [4.69, 9.17) is 5.73 Å². The number of benzene rings is 1. The lowest BCUT2D eigenvalue weighted by Crippen LogP contribution is -2.06. The van der Waals surface area contributed by atoms with Crippen LogP contribution in [-0.4, -0.2) is 15.0 Å². The Labute approximate surface area is 126 Å². The van der Waals surface area contributed by atoms with Crippen molar-refractivity contribution in [3.63, 3.8) is 0 Å². The van der Waals surface area contributed by atoms with Crippen LogP contribution in [0.25, 0.3) is 0 Å². The van der Waals surface area contributed by atoms with Crippen LogP contribution in [0.4, 0.5) is 33.2 Å². The highest BCUT2D eigenvalue weighted by Crippen LogP contribution is 2.28. The average Bonchev–Trinajstić information content (AvgIpc) is 2.54. The van der Waals surface area contributed by atoms with Gasteiger partial charge in [-0.05, 0) is 24.3 Å². The van der Waals surface area contributed by atoms with Gasteiger partial charge in [-0.25, -0.2) is 19.3 Å². The number of anilines is 5. The lowest BCUT2D eigenvalue weighted by Gasteiger charge is -2.12. The lowest BCUT2D eigenvalue weighted by molar-refractivity contribution is 0.632. The van der Waals surface area contributed by atoms with Gasteiger partial charge in [-0.3, -0.25) is 0 Å². The monoisotopic (exact) mass is 296 g/mol. The summed E-state index contributed by atoms with van der Waals surface area (Å²) >= 11 is 0. The molecule has 0 radical (unpaired) electrons. The van der Waals surface area contributed by atoms with Crippen molar-refractivity contribution in [3.05, 3.63) is 60.8 Å². The van der Waals surface area contributed by atoms with Crippen LogP contribution < -0.4 is 16.4 Å². The number of nitrogens with one attached hydrogen (secondary N) is 2. The molecule has 0 bridgehead atoms. The minimum atomic E-state index is -0.389. The molecule has 3 rings (SSSR count). The summed E-state index contributed by atoms with van der Waals surface area (Å²) < 4.78 is 13.7. The summed E-state index contributed by atoms with van der Waals surface area (Å²) in [7, 11) is 0. The molecular weight excluding hydrogens is 283 g/mol. The molecule has 2 aromatic heterocycles. The molecule has 3 aromatic rings. The number of halogens is 1. The largest absolute Gasteiger partial charge is 0.393 e. The SMILES string of the molecule is Nc1c(Nc2ccccn2)ncnc1Nc1ccccc1F. The lowest BCUT2D eigenvalue weighted by atomic mass is 10.3. The van der Waals surface area contributed by atoms with Crippen LogP contribution in [0, 0.1) is 5.82 Å². The molecule has 7 heteroatoms. The van der Waals surface area contributed by atoms with Crippen LogP contribution in [0.3, 0.4) is 0 Å². The molecule has 0 aliphatic carbocycles. The van der Waals surface area contributed by atoms with Crippen LogP contribution in [0.5, 0.6) is 0 Å². The Kier molecular flexibility index (Phi) is 3.78. The number of nitrogen functional groups attached to an aromatic ring is 1. The van der Waals surface area contributed by atoms with Crippen molar-refractivity contribution in [1.29, 1.82) is 0 Å². The van der Waals surface area contributed by atoms with Gasteiger partial charge in [0.2, 0.25) is 0 Å². The maximum atomic E-state index is 13.7. The summed E-state index contributed by atoms with van der Waals surface area (Å²) in [6.45, 7) is 0. The molecule has 0 atom stereocenters. The number of hydrogen-bond donors (Lipinski definition) is 3. The number of nitrogens with two attached hydrogens (primary N) is 1. The minimum Gasteiger partial charge on any atom is -0.393 e. The van der Waals surface area contributed by atoms with E-state index in [0.29, 0.717) is 17.5 Å². The Balaban J connectivity index is 1.88. The van der Waals surface area contributed by atoms with Crippen molar-refractivity contribution in [2.45, 2.75) is 0 Å². The third kappa shape index (κ3) is 2.93. The fraction of sp³-hybridized carbons (Fsp3) is 0. The Morgan fingerprint density at radius 1 is 0.864 bits per heavy atom. The Hall–Kier alpha value is -3.22. The molecule has 0 spiro atoms. The van der Waals surface area contributed by atoms with Gasteiger partial charge in [-0.2, -0.15) is 0 Å². The average molecular weight is 296 g/mol. The zero-order chi connectivity index (χ0) is 15.4. The number of para-hydroxylation sites is 1. The highest BCUT2D eigenvalue weighted by atomic mass is 19.1. The molecule has 0 saturated carbocycles. The van der Waals surface area contributed by atoms with Crippen molar-refractivity contribution >= 4 is 28.8 Å². The van der Waals surface area contributed by atoms with E-state index < -0.39 is 0 Å². The summed E-state index contributed by atoms with van der Waals surface area (Å²) in [6, 6.07) is 11.7. The van der Waals surface area contributed by atoms with E-state index in [2.05, 4.69) is 25.6 Å². The van der Waals surface area contributed by atoms with Crippen LogP contribution in [-0.2, 0) is 0 Å². The molecule has 1 aromatic carbocycles. The first-order valence-electron chi connectivity index (χ1n) is 6.54. The van der Waals surface area contributed by atoms with Crippen LogP contribution in [0.2, 0.25) is 0 Å². The number of nitrogens with zero attached hydrogens (tertiary/aromatic N) is 3. The van der Waals surface area contributed by atoms with Crippen LogP contribution in [0.1, 0.15) is 0 Å². The van der Waals surface area contributed by atoms with Crippen LogP contribution >= 0.6 is 0 Å². The summed E-state index contributed by atoms with van der Waals surface area (Å²) in [5.41, 5.74) is 6.59. The summed E-state index contributed by atoms with van der Waals surface area (Å²) in [4.78, 5) is 12.3. The second-order valence-corrected chi connectivity index (χ2v) is 4.43. The molecule has 110 valence electrons. The molecule has 0 unspecified atom stereocenters. The zero-order valence-corrected chi connectivity index (χ0v) is 11.5. The topological polar surface area (TPSA) is 88.8 Å². The normalized spacial score (nSPS) is 10.2. The van der Waals surface area contributed by atoms with Gasteiger partial charge in [-0.15, -0.1) is 0 Å². The van der Waals surface area contributed by atoms with E-state index in [9.17, 15) is 4.39 Å². The third-order valence-electron chi connectivity index (χ3n) is 2.92. The molecule has 0 fully saturated rings. The number of rotatable bonds is 4. The first-order valence-corrected chi connectivity index (χ1v) is 6.54. The summed E-state index contributed by atoms with van der Waals surface area (Å²) in [5, 5.41) is 5.85. The van der Waals surface area contributed by atoms with E-state index in [1.807, 2.05) is 6.07 Å². The molecule has 0 saturated heterocycles. The predicted octanol–water partition coefficient (Wildman–Crippen LogP) is 3.08. The van der Waals surface area contributed by atoms with Crippen molar-refractivity contribution in [2.24, 2.45) is 0 Å². The fourth-order valence-corrected chi connectivity index (χ4v) is 1.84. The van der Waals surface area contributed by atoms with Crippen LogP contribution in [0.15, 0.2) is 55.0 Å². The summed E-state index contributed by atoms with van der Waals surface area (Å²) in [5.74, 6) is 0.926. The maximum Gasteiger partial charge on any atom is 0.160 e. The van der Waals surface area contributed by atoms with Crippen molar-refractivity contribution < 1.29 is 4.39 Å². The second-order valence-electron chi connectivity index (χ2n) is 4.43. The van der Waals surface area contributed by atoms with E-state index in [1.54, 1.807) is 36.5 Å².